The number of nitrogens with one attached hydrogen (secondary N) is 1. The highest BCUT2D eigenvalue weighted by molar-refractivity contribution is 7.13. The van der Waals surface area contributed by atoms with Crippen molar-refractivity contribution < 1.29 is 14.3 Å². The number of benzene rings is 1. The van der Waals surface area contributed by atoms with Crippen LogP contribution in [0.15, 0.2) is 29.6 Å². The molecule has 1 aromatic heterocycles. The lowest BCUT2D eigenvalue weighted by Gasteiger charge is -2.36. The fourth-order valence-corrected chi connectivity index (χ4v) is 3.59. The van der Waals surface area contributed by atoms with Gasteiger partial charge in [-0.3, -0.25) is 10.1 Å². The minimum Gasteiger partial charge on any atom is -0.453 e. The molecular weight excluding hydrogens is 352 g/mol. The number of carbonyl (C=O) groups excluding carboxylic acids is 2. The van der Waals surface area contributed by atoms with Crippen LogP contribution in [0.5, 0.6) is 0 Å². The van der Waals surface area contributed by atoms with Crippen LogP contribution in [0.2, 0.25) is 0 Å². The van der Waals surface area contributed by atoms with Crippen molar-refractivity contribution in [2.75, 3.05) is 43.5 Å². The van der Waals surface area contributed by atoms with E-state index in [-0.39, 0.29) is 12.3 Å². The minimum absolute atomic E-state index is 0.0591. The van der Waals surface area contributed by atoms with Gasteiger partial charge < -0.3 is 14.5 Å². The summed E-state index contributed by atoms with van der Waals surface area (Å²) >= 11 is 1.28. The van der Waals surface area contributed by atoms with Gasteiger partial charge in [0, 0.05) is 37.2 Å². The normalized spacial score (nSPS) is 14.2. The Morgan fingerprint density at radius 3 is 2.73 bits per heavy atom. The van der Waals surface area contributed by atoms with Crippen LogP contribution >= 0.6 is 11.3 Å². The Bertz CT molecular complexity index is 784. The molecule has 1 saturated heterocycles. The Labute approximate surface area is 156 Å². The van der Waals surface area contributed by atoms with E-state index < -0.39 is 6.09 Å². The zero-order chi connectivity index (χ0) is 18.5. The average Bonchev–Trinajstić information content (AvgIpc) is 3.08. The van der Waals surface area contributed by atoms with Crippen molar-refractivity contribution in [3.63, 3.8) is 0 Å². The third-order valence-electron chi connectivity index (χ3n) is 4.28. The number of ether oxygens (including phenoxy) is 1. The van der Waals surface area contributed by atoms with E-state index in [4.69, 9.17) is 0 Å². The summed E-state index contributed by atoms with van der Waals surface area (Å²) in [6, 6.07) is 8.42. The van der Waals surface area contributed by atoms with Crippen LogP contribution in [0.3, 0.4) is 0 Å². The van der Waals surface area contributed by atoms with Crippen LogP contribution in [-0.4, -0.2) is 55.2 Å². The second-order valence-electron chi connectivity index (χ2n) is 6.14. The maximum absolute atomic E-state index is 12.5. The summed E-state index contributed by atoms with van der Waals surface area (Å²) in [5.41, 5.74) is 3.10. The number of thiazole rings is 1. The predicted octanol–water partition coefficient (Wildman–Crippen LogP) is 2.52. The number of carbonyl (C=O) groups is 2. The topological polar surface area (TPSA) is 74.8 Å². The van der Waals surface area contributed by atoms with Crippen LogP contribution in [0.25, 0.3) is 0 Å². The highest BCUT2D eigenvalue weighted by Gasteiger charge is 2.22. The minimum atomic E-state index is -0.565. The molecule has 0 saturated carbocycles. The third kappa shape index (κ3) is 4.51. The number of nitrogens with zero attached hydrogens (tertiary/aromatic N) is 3. The van der Waals surface area contributed by atoms with E-state index in [2.05, 4.69) is 51.1 Å². The van der Waals surface area contributed by atoms with Gasteiger partial charge in [0.15, 0.2) is 5.13 Å². The molecule has 1 aromatic carbocycles. The molecule has 0 aliphatic carbocycles. The lowest BCUT2D eigenvalue weighted by molar-refractivity contribution is -0.130. The molecule has 7 nitrogen and oxygen atoms in total. The van der Waals surface area contributed by atoms with Crippen molar-refractivity contribution in [3.05, 3.63) is 40.9 Å². The monoisotopic (exact) mass is 374 g/mol. The van der Waals surface area contributed by atoms with Gasteiger partial charge in [-0.15, -0.1) is 11.3 Å². The van der Waals surface area contributed by atoms with Gasteiger partial charge in [0.25, 0.3) is 0 Å². The zero-order valence-corrected chi connectivity index (χ0v) is 15.7. The second-order valence-corrected chi connectivity index (χ2v) is 7.00. The first-order valence-corrected chi connectivity index (χ1v) is 9.32. The molecule has 8 heteroatoms. The molecule has 0 unspecified atom stereocenters. The molecule has 2 aromatic rings. The van der Waals surface area contributed by atoms with E-state index in [1.165, 1.54) is 29.7 Å². The van der Waals surface area contributed by atoms with Gasteiger partial charge >= 0.3 is 6.09 Å². The largest absolute Gasteiger partial charge is 0.453 e. The van der Waals surface area contributed by atoms with Crippen LogP contribution in [0.4, 0.5) is 15.6 Å². The van der Waals surface area contributed by atoms with Gasteiger partial charge in [0.1, 0.15) is 0 Å². The van der Waals surface area contributed by atoms with E-state index in [1.807, 2.05) is 4.90 Å². The first kappa shape index (κ1) is 18.2. The number of anilines is 2. The molecule has 1 aliphatic rings. The van der Waals surface area contributed by atoms with Crippen molar-refractivity contribution in [3.8, 4) is 0 Å². The molecule has 138 valence electrons. The summed E-state index contributed by atoms with van der Waals surface area (Å²) in [5, 5.41) is 4.73. The Morgan fingerprint density at radius 2 is 2.04 bits per heavy atom. The van der Waals surface area contributed by atoms with Crippen molar-refractivity contribution in [2.45, 2.75) is 13.3 Å². The van der Waals surface area contributed by atoms with Crippen molar-refractivity contribution in [1.29, 1.82) is 0 Å². The SMILES string of the molecule is COC(=O)Nc1nc(CC(=O)N2CCN(c3cccc(C)c3)CC2)cs1. The number of methoxy groups -OCH3 is 1. The molecule has 1 N–H and O–H groups in total. The summed E-state index contributed by atoms with van der Waals surface area (Å²) in [4.78, 5) is 32.1. The quantitative estimate of drug-likeness (QED) is 0.890. The number of aromatic nitrogens is 1. The van der Waals surface area contributed by atoms with Crippen molar-refractivity contribution in [2.24, 2.45) is 0 Å². The maximum Gasteiger partial charge on any atom is 0.413 e. The predicted molar refractivity (Wildman–Crippen MR) is 102 cm³/mol. The summed E-state index contributed by atoms with van der Waals surface area (Å²) in [6.07, 6.45) is -0.325. The van der Waals surface area contributed by atoms with Crippen LogP contribution in [-0.2, 0) is 16.0 Å². The fraction of sp³-hybridized carbons (Fsp3) is 0.389. The molecule has 2 heterocycles. The Morgan fingerprint density at radius 1 is 1.27 bits per heavy atom. The molecule has 0 bridgehead atoms. The highest BCUT2D eigenvalue weighted by atomic mass is 32.1. The Hall–Kier alpha value is -2.61. The number of rotatable bonds is 4. The number of piperazine rings is 1. The highest BCUT2D eigenvalue weighted by Crippen LogP contribution is 2.19. The van der Waals surface area contributed by atoms with Crippen LogP contribution in [0, 0.1) is 6.92 Å². The van der Waals surface area contributed by atoms with E-state index in [9.17, 15) is 9.59 Å². The summed E-state index contributed by atoms with van der Waals surface area (Å²) in [7, 11) is 1.30. The van der Waals surface area contributed by atoms with E-state index in [0.717, 1.165) is 13.1 Å². The molecule has 0 atom stereocenters. The maximum atomic E-state index is 12.5. The molecule has 3 rings (SSSR count). The van der Waals surface area contributed by atoms with Crippen molar-refractivity contribution >= 4 is 34.2 Å². The number of aryl methyl sites for hydroxylation is 1. The van der Waals surface area contributed by atoms with Gasteiger partial charge in [-0.25, -0.2) is 9.78 Å². The summed E-state index contributed by atoms with van der Waals surface area (Å²) in [5.74, 6) is 0.0591. The molecule has 1 fully saturated rings. The lowest BCUT2D eigenvalue weighted by atomic mass is 10.2. The second kappa shape index (κ2) is 8.18. The molecule has 2 amide bonds. The summed E-state index contributed by atoms with van der Waals surface area (Å²) in [6.45, 7) is 5.12. The van der Waals surface area contributed by atoms with Gasteiger partial charge in [-0.05, 0) is 24.6 Å². The molecule has 0 radical (unpaired) electrons. The standard InChI is InChI=1S/C18H22N4O3S/c1-13-4-3-5-15(10-13)21-6-8-22(9-7-21)16(23)11-14-12-26-17(19-14)20-18(24)25-2/h3-5,10,12H,6-9,11H2,1-2H3,(H,19,20,24). The van der Waals surface area contributed by atoms with Crippen LogP contribution < -0.4 is 10.2 Å². The molecule has 0 spiro atoms. The van der Waals surface area contributed by atoms with Crippen molar-refractivity contribution in [1.82, 2.24) is 9.88 Å². The zero-order valence-electron chi connectivity index (χ0n) is 14.9. The number of amides is 2. The van der Waals surface area contributed by atoms with Gasteiger partial charge in [-0.2, -0.15) is 0 Å². The van der Waals surface area contributed by atoms with Crippen LogP contribution in [0.1, 0.15) is 11.3 Å². The fourth-order valence-electron chi connectivity index (χ4n) is 2.89. The first-order valence-electron chi connectivity index (χ1n) is 8.44. The summed E-state index contributed by atoms with van der Waals surface area (Å²) < 4.78 is 4.53. The van der Waals surface area contributed by atoms with Gasteiger partial charge in [0.2, 0.25) is 5.91 Å². The Kier molecular flexibility index (Phi) is 5.72. The molecule has 26 heavy (non-hydrogen) atoms. The number of hydrogen-bond donors (Lipinski definition) is 1. The average molecular weight is 374 g/mol. The van der Waals surface area contributed by atoms with Gasteiger partial charge in [-0.1, -0.05) is 12.1 Å². The van der Waals surface area contributed by atoms with E-state index in [1.54, 1.807) is 5.38 Å². The smallest absolute Gasteiger partial charge is 0.413 e. The van der Waals surface area contributed by atoms with Gasteiger partial charge in [0.05, 0.1) is 19.2 Å². The molecule has 1 aliphatic heterocycles. The Balaban J connectivity index is 1.51. The van der Waals surface area contributed by atoms with E-state index >= 15 is 0 Å². The first-order chi connectivity index (χ1) is 12.5. The lowest BCUT2D eigenvalue weighted by Crippen LogP contribution is -2.49. The number of hydrogen-bond acceptors (Lipinski definition) is 6. The molecular formula is C18H22N4O3S. The third-order valence-corrected chi connectivity index (χ3v) is 5.08. The van der Waals surface area contributed by atoms with E-state index in [0.29, 0.717) is 23.9 Å².